The van der Waals surface area contributed by atoms with Crippen LogP contribution in [0.4, 0.5) is 20.7 Å². The van der Waals surface area contributed by atoms with Gasteiger partial charge in [-0.2, -0.15) is 0 Å². The number of halogens is 1. The molecule has 3 rings (SSSR count). The lowest BCUT2D eigenvalue weighted by Crippen LogP contribution is -2.58. The maximum absolute atomic E-state index is 13.9. The molecular weight excluding hydrogens is 377 g/mol. The van der Waals surface area contributed by atoms with Crippen LogP contribution in [-0.4, -0.2) is 64.1 Å². The van der Waals surface area contributed by atoms with Crippen LogP contribution in [-0.2, 0) is 0 Å². The fraction of sp³-hybridized carbons (Fsp3) is 0.421. The lowest BCUT2D eigenvalue weighted by molar-refractivity contribution is 0.0715. The number of carbonyl (C=O) groups is 1. The number of aromatic nitrogens is 2. The highest BCUT2D eigenvalue weighted by molar-refractivity contribution is 5.88. The van der Waals surface area contributed by atoms with Crippen LogP contribution in [0.15, 0.2) is 30.6 Å². The van der Waals surface area contributed by atoms with Crippen LogP contribution in [0.25, 0.3) is 0 Å². The van der Waals surface area contributed by atoms with Crippen molar-refractivity contribution in [3.05, 3.63) is 36.4 Å². The van der Waals surface area contributed by atoms with Gasteiger partial charge in [-0.1, -0.05) is 0 Å². The number of rotatable bonds is 5. The lowest BCUT2D eigenvalue weighted by atomic mass is 10.0. The number of amides is 2. The lowest BCUT2D eigenvalue weighted by Gasteiger charge is -2.43. The molecule has 0 saturated carbocycles. The number of carbonyl (C=O) groups excluding carboxylic acids is 1. The second-order valence-electron chi connectivity index (χ2n) is 7.45. The molecule has 1 saturated heterocycles. The molecule has 156 valence electrons. The molecule has 0 unspecified atom stereocenters. The Morgan fingerprint density at radius 2 is 1.97 bits per heavy atom. The van der Waals surface area contributed by atoms with Gasteiger partial charge in [0.2, 0.25) is 5.88 Å². The number of nitrogens with zero attached hydrogens (tertiary/aromatic N) is 4. The predicted octanol–water partition coefficient (Wildman–Crippen LogP) is 1.88. The Hall–Kier alpha value is -2.98. The van der Waals surface area contributed by atoms with E-state index in [9.17, 15) is 9.18 Å². The molecule has 5 N–H and O–H groups in total. The number of hydrogen-bond acceptors (Lipinski definition) is 7. The van der Waals surface area contributed by atoms with Gasteiger partial charge in [0.25, 0.3) is 0 Å². The summed E-state index contributed by atoms with van der Waals surface area (Å²) in [7, 11) is 0. The Morgan fingerprint density at radius 3 is 2.62 bits per heavy atom. The van der Waals surface area contributed by atoms with E-state index in [1.165, 1.54) is 24.5 Å². The first kappa shape index (κ1) is 20.7. The van der Waals surface area contributed by atoms with Crippen molar-refractivity contribution in [2.75, 3.05) is 43.8 Å². The van der Waals surface area contributed by atoms with E-state index >= 15 is 0 Å². The van der Waals surface area contributed by atoms with Gasteiger partial charge in [-0.3, -0.25) is 10.2 Å². The minimum Gasteiger partial charge on any atom is -0.436 e. The third-order valence-corrected chi connectivity index (χ3v) is 4.97. The van der Waals surface area contributed by atoms with Gasteiger partial charge in [0, 0.05) is 56.1 Å². The Kier molecular flexibility index (Phi) is 6.14. The van der Waals surface area contributed by atoms with E-state index in [0.29, 0.717) is 25.3 Å². The summed E-state index contributed by atoms with van der Waals surface area (Å²) in [5.74, 6) is -0.254. The minimum absolute atomic E-state index is 0.0196. The van der Waals surface area contributed by atoms with Gasteiger partial charge in [-0.15, -0.1) is 0 Å². The molecule has 1 aliphatic rings. The SMILES string of the molecule is CC(C)(CN)N1CCN(C(=O)Nc2cc(Oc3ccc(N)cc3F)ncn2)CC1. The molecule has 0 atom stereocenters. The first-order valence-corrected chi connectivity index (χ1v) is 9.34. The Morgan fingerprint density at radius 1 is 1.24 bits per heavy atom. The van der Waals surface area contributed by atoms with E-state index in [1.54, 1.807) is 4.90 Å². The van der Waals surface area contributed by atoms with Crippen LogP contribution < -0.4 is 21.5 Å². The molecule has 0 radical (unpaired) electrons. The van der Waals surface area contributed by atoms with E-state index in [2.05, 4.69) is 34.0 Å². The first-order chi connectivity index (χ1) is 13.8. The van der Waals surface area contributed by atoms with E-state index < -0.39 is 5.82 Å². The summed E-state index contributed by atoms with van der Waals surface area (Å²) in [5.41, 5.74) is 11.6. The summed E-state index contributed by atoms with van der Waals surface area (Å²) < 4.78 is 19.3. The van der Waals surface area contributed by atoms with Crippen LogP contribution in [0.2, 0.25) is 0 Å². The number of hydrogen-bond donors (Lipinski definition) is 3. The van der Waals surface area contributed by atoms with Crippen LogP contribution >= 0.6 is 0 Å². The molecular formula is C19H26FN7O2. The van der Waals surface area contributed by atoms with Crippen molar-refractivity contribution in [2.24, 2.45) is 5.73 Å². The molecule has 0 spiro atoms. The number of nitrogen functional groups attached to an aromatic ring is 1. The average Bonchev–Trinajstić information content (AvgIpc) is 2.70. The molecule has 1 aromatic heterocycles. The molecule has 10 heteroatoms. The zero-order valence-corrected chi connectivity index (χ0v) is 16.6. The Labute approximate surface area is 168 Å². The summed E-state index contributed by atoms with van der Waals surface area (Å²) >= 11 is 0. The van der Waals surface area contributed by atoms with Crippen molar-refractivity contribution in [2.45, 2.75) is 19.4 Å². The minimum atomic E-state index is -0.604. The molecule has 0 bridgehead atoms. The van der Waals surface area contributed by atoms with Crippen molar-refractivity contribution in [1.82, 2.24) is 19.8 Å². The smallest absolute Gasteiger partial charge is 0.323 e. The number of nitrogens with two attached hydrogens (primary N) is 2. The van der Waals surface area contributed by atoms with Gasteiger partial charge in [0.05, 0.1) is 0 Å². The molecule has 1 fully saturated rings. The quantitative estimate of drug-likeness (QED) is 0.651. The van der Waals surface area contributed by atoms with Gasteiger partial charge in [-0.25, -0.2) is 19.2 Å². The number of anilines is 2. The fourth-order valence-corrected chi connectivity index (χ4v) is 3.01. The number of piperazine rings is 1. The highest BCUT2D eigenvalue weighted by atomic mass is 19.1. The molecule has 29 heavy (non-hydrogen) atoms. The number of ether oxygens (including phenoxy) is 1. The number of benzene rings is 1. The summed E-state index contributed by atoms with van der Waals surface area (Å²) in [4.78, 5) is 24.5. The predicted molar refractivity (Wildman–Crippen MR) is 108 cm³/mol. The maximum Gasteiger partial charge on any atom is 0.323 e. The van der Waals surface area contributed by atoms with Crippen LogP contribution in [0.5, 0.6) is 11.6 Å². The van der Waals surface area contributed by atoms with Gasteiger partial charge >= 0.3 is 6.03 Å². The molecule has 1 aliphatic heterocycles. The van der Waals surface area contributed by atoms with Crippen LogP contribution in [0, 0.1) is 5.82 Å². The summed E-state index contributed by atoms with van der Waals surface area (Å²) in [6.45, 7) is 7.39. The summed E-state index contributed by atoms with van der Waals surface area (Å²) in [6, 6.07) is 5.26. The standard InChI is InChI=1S/C19H26FN7O2/c1-19(2,11-21)27-7-5-26(6-8-27)18(28)25-16-10-17(24-12-23-16)29-15-4-3-13(22)9-14(15)20/h3-4,9-10,12H,5-8,11,21-22H2,1-2H3,(H,23,24,25,28). The van der Waals surface area contributed by atoms with E-state index in [-0.39, 0.29) is 29.0 Å². The highest BCUT2D eigenvalue weighted by Crippen LogP contribution is 2.25. The first-order valence-electron chi connectivity index (χ1n) is 9.34. The van der Waals surface area contributed by atoms with Crippen LogP contribution in [0.1, 0.15) is 13.8 Å². The summed E-state index contributed by atoms with van der Waals surface area (Å²) in [6.07, 6.45) is 1.24. The van der Waals surface area contributed by atoms with Gasteiger partial charge in [-0.05, 0) is 26.0 Å². The summed E-state index contributed by atoms with van der Waals surface area (Å²) in [5, 5.41) is 2.73. The Bertz CT molecular complexity index is 869. The monoisotopic (exact) mass is 403 g/mol. The van der Waals surface area contributed by atoms with Crippen molar-refractivity contribution in [3.8, 4) is 11.6 Å². The fourth-order valence-electron chi connectivity index (χ4n) is 3.01. The molecule has 0 aliphatic carbocycles. The number of nitrogens with one attached hydrogen (secondary N) is 1. The highest BCUT2D eigenvalue weighted by Gasteiger charge is 2.30. The molecule has 9 nitrogen and oxygen atoms in total. The van der Waals surface area contributed by atoms with Crippen molar-refractivity contribution in [1.29, 1.82) is 0 Å². The van der Waals surface area contributed by atoms with E-state index in [4.69, 9.17) is 16.2 Å². The average molecular weight is 403 g/mol. The van der Waals surface area contributed by atoms with Crippen LogP contribution in [0.3, 0.4) is 0 Å². The topological polar surface area (TPSA) is 123 Å². The van der Waals surface area contributed by atoms with Crippen molar-refractivity contribution in [3.63, 3.8) is 0 Å². The van der Waals surface area contributed by atoms with Crippen molar-refractivity contribution < 1.29 is 13.9 Å². The zero-order chi connectivity index (χ0) is 21.0. The third kappa shape index (κ3) is 5.09. The molecule has 2 aromatic rings. The van der Waals surface area contributed by atoms with E-state index in [1.807, 2.05) is 0 Å². The Balaban J connectivity index is 1.59. The van der Waals surface area contributed by atoms with Gasteiger partial charge in [0.15, 0.2) is 11.6 Å². The van der Waals surface area contributed by atoms with Gasteiger partial charge in [0.1, 0.15) is 12.1 Å². The van der Waals surface area contributed by atoms with E-state index in [0.717, 1.165) is 19.2 Å². The normalized spacial score (nSPS) is 15.2. The second-order valence-corrected chi connectivity index (χ2v) is 7.45. The second kappa shape index (κ2) is 8.58. The maximum atomic E-state index is 13.9. The zero-order valence-electron chi connectivity index (χ0n) is 16.6. The molecule has 2 amide bonds. The number of urea groups is 1. The molecule has 2 heterocycles. The molecule has 1 aromatic carbocycles. The van der Waals surface area contributed by atoms with Gasteiger partial charge < -0.3 is 21.1 Å². The largest absolute Gasteiger partial charge is 0.436 e. The third-order valence-electron chi connectivity index (χ3n) is 4.97. The van der Waals surface area contributed by atoms with Crippen molar-refractivity contribution >= 4 is 17.5 Å².